The summed E-state index contributed by atoms with van der Waals surface area (Å²) in [6, 6.07) is 4.26. The molecule has 2 rings (SSSR count). The molecule has 1 amide bonds. The molecule has 0 spiro atoms. The molecule has 0 fully saturated rings. The molecule has 0 bridgehead atoms. The number of furan rings is 1. The van der Waals surface area contributed by atoms with Crippen molar-refractivity contribution < 1.29 is 18.7 Å². The maximum atomic E-state index is 13.2. The molecule has 1 aromatic heterocycles. The highest BCUT2D eigenvalue weighted by molar-refractivity contribution is 5.87. The number of nitrogens with one attached hydrogen (secondary N) is 1. The van der Waals surface area contributed by atoms with Crippen LogP contribution in [-0.4, -0.2) is 24.2 Å². The van der Waals surface area contributed by atoms with Gasteiger partial charge in [0.2, 0.25) is 5.91 Å². The molecule has 0 unspecified atom stereocenters. The second kappa shape index (κ2) is 7.05. The number of unbranched alkanes of at least 4 members (excludes halogenated alkanes) is 2. The highest BCUT2D eigenvalue weighted by Crippen LogP contribution is 2.22. The Kier molecular flexibility index (Phi) is 5.12. The van der Waals surface area contributed by atoms with E-state index in [1.165, 1.54) is 18.4 Å². The van der Waals surface area contributed by atoms with E-state index in [1.54, 1.807) is 6.07 Å². The minimum atomic E-state index is -0.343. The molecule has 0 aliphatic carbocycles. The Hall–Kier alpha value is -1.88. The van der Waals surface area contributed by atoms with Gasteiger partial charge in [-0.15, -0.1) is 0 Å². The lowest BCUT2D eigenvalue weighted by Gasteiger charge is -2.04. The third-order valence-corrected chi connectivity index (χ3v) is 3.12. The minimum Gasteiger partial charge on any atom is -0.464 e. The molecule has 4 nitrogen and oxygen atoms in total. The number of halogens is 1. The first-order valence-corrected chi connectivity index (χ1v) is 6.74. The predicted molar refractivity (Wildman–Crippen MR) is 73.8 cm³/mol. The van der Waals surface area contributed by atoms with Crippen molar-refractivity contribution in [1.29, 1.82) is 0 Å². The van der Waals surface area contributed by atoms with Crippen LogP contribution in [0.2, 0.25) is 0 Å². The summed E-state index contributed by atoms with van der Waals surface area (Å²) < 4.78 is 18.5. The van der Waals surface area contributed by atoms with Gasteiger partial charge in [0.1, 0.15) is 11.4 Å². The minimum absolute atomic E-state index is 0.110. The van der Waals surface area contributed by atoms with Crippen molar-refractivity contribution in [2.24, 2.45) is 0 Å². The number of carbonyl (C=O) groups excluding carboxylic acids is 1. The van der Waals surface area contributed by atoms with Crippen LogP contribution in [0.5, 0.6) is 0 Å². The largest absolute Gasteiger partial charge is 0.464 e. The van der Waals surface area contributed by atoms with Gasteiger partial charge in [0, 0.05) is 24.1 Å². The molecule has 2 N–H and O–H groups in total. The van der Waals surface area contributed by atoms with Crippen molar-refractivity contribution in [3.63, 3.8) is 0 Å². The van der Waals surface area contributed by atoms with Gasteiger partial charge < -0.3 is 14.8 Å². The molecule has 0 saturated carbocycles. The van der Waals surface area contributed by atoms with Crippen LogP contribution in [0.1, 0.15) is 24.8 Å². The number of rotatable bonds is 7. The van der Waals surface area contributed by atoms with Crippen LogP contribution in [0.25, 0.3) is 11.0 Å². The molecule has 0 aliphatic heterocycles. The van der Waals surface area contributed by atoms with Crippen molar-refractivity contribution in [3.8, 4) is 0 Å². The van der Waals surface area contributed by atoms with Gasteiger partial charge in [-0.3, -0.25) is 4.79 Å². The average Bonchev–Trinajstić information content (AvgIpc) is 2.81. The molecular formula is C15H18FNO3. The van der Waals surface area contributed by atoms with E-state index >= 15 is 0 Å². The molecule has 108 valence electrons. The Balaban J connectivity index is 1.88. The van der Waals surface area contributed by atoms with Crippen molar-refractivity contribution in [1.82, 2.24) is 5.32 Å². The maximum Gasteiger partial charge on any atom is 0.224 e. The third-order valence-electron chi connectivity index (χ3n) is 3.12. The van der Waals surface area contributed by atoms with Gasteiger partial charge in [-0.1, -0.05) is 0 Å². The molecule has 2 aromatic rings. The number of hydrogen-bond donors (Lipinski definition) is 2. The molecule has 1 heterocycles. The van der Waals surface area contributed by atoms with Crippen molar-refractivity contribution in [2.75, 3.05) is 13.2 Å². The van der Waals surface area contributed by atoms with Gasteiger partial charge in [-0.05, 0) is 37.5 Å². The fourth-order valence-corrected chi connectivity index (χ4v) is 2.07. The van der Waals surface area contributed by atoms with Crippen LogP contribution >= 0.6 is 0 Å². The first-order chi connectivity index (χ1) is 9.70. The Labute approximate surface area is 116 Å². The van der Waals surface area contributed by atoms with Gasteiger partial charge >= 0.3 is 0 Å². The molecule has 0 aliphatic rings. The number of aliphatic hydroxyl groups is 1. The average molecular weight is 279 g/mol. The number of aliphatic hydroxyl groups excluding tert-OH is 1. The quantitative estimate of drug-likeness (QED) is 0.765. The predicted octanol–water partition coefficient (Wildman–Crippen LogP) is 2.39. The van der Waals surface area contributed by atoms with Gasteiger partial charge in [-0.2, -0.15) is 0 Å². The van der Waals surface area contributed by atoms with Crippen LogP contribution in [0, 0.1) is 5.82 Å². The summed E-state index contributed by atoms with van der Waals surface area (Å²) in [7, 11) is 0. The third kappa shape index (κ3) is 3.81. The van der Waals surface area contributed by atoms with E-state index in [0.29, 0.717) is 23.1 Å². The summed E-state index contributed by atoms with van der Waals surface area (Å²) >= 11 is 0. The second-order valence-electron chi connectivity index (χ2n) is 4.71. The summed E-state index contributed by atoms with van der Waals surface area (Å²) in [5.74, 6) is -0.453. The van der Waals surface area contributed by atoms with E-state index in [0.717, 1.165) is 19.3 Å². The summed E-state index contributed by atoms with van der Waals surface area (Å²) in [4.78, 5) is 11.8. The molecule has 1 aromatic carbocycles. The zero-order valence-corrected chi connectivity index (χ0v) is 11.2. The fraction of sp³-hybridized carbons (Fsp3) is 0.400. The van der Waals surface area contributed by atoms with E-state index in [4.69, 9.17) is 9.52 Å². The Morgan fingerprint density at radius 2 is 2.15 bits per heavy atom. The van der Waals surface area contributed by atoms with Gasteiger partial charge in [0.05, 0.1) is 12.7 Å². The van der Waals surface area contributed by atoms with E-state index < -0.39 is 0 Å². The Bertz CT molecular complexity index is 580. The van der Waals surface area contributed by atoms with Crippen molar-refractivity contribution in [3.05, 3.63) is 35.8 Å². The molecule has 0 saturated heterocycles. The smallest absolute Gasteiger partial charge is 0.224 e. The highest BCUT2D eigenvalue weighted by atomic mass is 19.1. The van der Waals surface area contributed by atoms with E-state index in [2.05, 4.69) is 5.32 Å². The monoisotopic (exact) mass is 279 g/mol. The van der Waals surface area contributed by atoms with Crippen LogP contribution < -0.4 is 5.32 Å². The topological polar surface area (TPSA) is 62.5 Å². The molecule has 0 atom stereocenters. The van der Waals surface area contributed by atoms with Crippen LogP contribution in [0.15, 0.2) is 28.9 Å². The Morgan fingerprint density at radius 1 is 1.30 bits per heavy atom. The first kappa shape index (κ1) is 14.5. The number of fused-ring (bicyclic) bond motifs is 1. The highest BCUT2D eigenvalue weighted by Gasteiger charge is 2.10. The SMILES string of the molecule is O=C(Cc1coc2ccc(F)cc12)NCCCCCO. The van der Waals surface area contributed by atoms with E-state index in [9.17, 15) is 9.18 Å². The van der Waals surface area contributed by atoms with E-state index in [-0.39, 0.29) is 24.8 Å². The van der Waals surface area contributed by atoms with E-state index in [1.807, 2.05) is 0 Å². The standard InChI is InChI=1S/C15H18FNO3/c16-12-4-5-14-13(9-12)11(10-20-14)8-15(19)17-6-2-1-3-7-18/h4-5,9-10,18H,1-3,6-8H2,(H,17,19). The zero-order chi connectivity index (χ0) is 14.4. The van der Waals surface area contributed by atoms with Crippen molar-refractivity contribution >= 4 is 16.9 Å². The van der Waals surface area contributed by atoms with Crippen LogP contribution in [0.3, 0.4) is 0 Å². The number of hydrogen-bond acceptors (Lipinski definition) is 3. The number of benzene rings is 1. The van der Waals surface area contributed by atoms with Crippen LogP contribution in [0.4, 0.5) is 4.39 Å². The molecule has 5 heteroatoms. The normalized spacial score (nSPS) is 10.9. The second-order valence-corrected chi connectivity index (χ2v) is 4.71. The fourth-order valence-electron chi connectivity index (χ4n) is 2.07. The maximum absolute atomic E-state index is 13.2. The first-order valence-electron chi connectivity index (χ1n) is 6.74. The van der Waals surface area contributed by atoms with Gasteiger partial charge in [0.25, 0.3) is 0 Å². The lowest BCUT2D eigenvalue weighted by Crippen LogP contribution is -2.26. The zero-order valence-electron chi connectivity index (χ0n) is 11.2. The molecule has 0 radical (unpaired) electrons. The Morgan fingerprint density at radius 3 is 2.95 bits per heavy atom. The lowest BCUT2D eigenvalue weighted by molar-refractivity contribution is -0.120. The van der Waals surface area contributed by atoms with Gasteiger partial charge in [0.15, 0.2) is 0 Å². The molecule has 20 heavy (non-hydrogen) atoms. The lowest BCUT2D eigenvalue weighted by atomic mass is 10.1. The summed E-state index contributed by atoms with van der Waals surface area (Å²) in [5.41, 5.74) is 1.27. The number of carbonyl (C=O) groups is 1. The van der Waals surface area contributed by atoms with Gasteiger partial charge in [-0.25, -0.2) is 4.39 Å². The van der Waals surface area contributed by atoms with Crippen molar-refractivity contribution in [2.45, 2.75) is 25.7 Å². The summed E-state index contributed by atoms with van der Waals surface area (Å²) in [6.07, 6.45) is 4.15. The molecular weight excluding hydrogens is 261 g/mol. The summed E-state index contributed by atoms with van der Waals surface area (Å²) in [5, 5.41) is 12.1. The summed E-state index contributed by atoms with van der Waals surface area (Å²) in [6.45, 7) is 0.767. The van der Waals surface area contributed by atoms with Crippen LogP contribution in [-0.2, 0) is 11.2 Å². The number of amides is 1.